The van der Waals surface area contributed by atoms with Gasteiger partial charge in [-0.1, -0.05) is 61.9 Å². The first kappa shape index (κ1) is 30.0. The Bertz CT molecular complexity index is 1750. The van der Waals surface area contributed by atoms with Crippen molar-refractivity contribution in [2.75, 3.05) is 13.9 Å². The maximum atomic E-state index is 11.7. The highest BCUT2D eigenvalue weighted by Gasteiger charge is 2.23. The summed E-state index contributed by atoms with van der Waals surface area (Å²) in [6.45, 7) is 5.25. The summed E-state index contributed by atoms with van der Waals surface area (Å²) in [6.07, 6.45) is 2.10. The minimum Gasteiger partial charge on any atom is -0.497 e. The number of hydrogen-bond donors (Lipinski definition) is 1. The zero-order valence-electron chi connectivity index (χ0n) is 25.7. The average molecular weight is 603 g/mol. The maximum Gasteiger partial charge on any atom is 0.248 e. The van der Waals surface area contributed by atoms with E-state index in [4.69, 9.17) is 24.9 Å². The molecule has 5 aromatic rings. The number of aromatic nitrogens is 2. The highest BCUT2D eigenvalue weighted by Crippen LogP contribution is 2.35. The van der Waals surface area contributed by atoms with Crippen LogP contribution in [0.4, 0.5) is 0 Å². The van der Waals surface area contributed by atoms with Gasteiger partial charge >= 0.3 is 0 Å². The summed E-state index contributed by atoms with van der Waals surface area (Å²) in [7, 11) is 1.68. The lowest BCUT2D eigenvalue weighted by Crippen LogP contribution is -2.24. The molecule has 230 valence electrons. The summed E-state index contributed by atoms with van der Waals surface area (Å²) in [4.78, 5) is 19.5. The number of nitrogens with zero attached hydrogens (tertiary/aromatic N) is 3. The van der Waals surface area contributed by atoms with Crippen LogP contribution in [0, 0.1) is 0 Å². The minimum absolute atomic E-state index is 0.235. The predicted molar refractivity (Wildman–Crippen MR) is 175 cm³/mol. The van der Waals surface area contributed by atoms with Crippen molar-refractivity contribution >= 4 is 5.91 Å². The molecular weight excluding hydrogens is 564 g/mol. The van der Waals surface area contributed by atoms with Gasteiger partial charge in [0.25, 0.3) is 0 Å². The molecule has 6 rings (SSSR count). The molecule has 1 aliphatic heterocycles. The quantitative estimate of drug-likeness (QED) is 0.155. The molecule has 2 N–H and O–H groups in total. The number of carbonyl (C=O) groups is 1. The van der Waals surface area contributed by atoms with Gasteiger partial charge in [0.2, 0.25) is 12.7 Å². The normalized spacial score (nSPS) is 12.1. The molecule has 0 bridgehead atoms. The lowest BCUT2D eigenvalue weighted by molar-refractivity contribution is 0.1000. The van der Waals surface area contributed by atoms with Crippen LogP contribution in [-0.4, -0.2) is 34.3 Å². The Hall–Kier alpha value is -5.08. The van der Waals surface area contributed by atoms with Crippen LogP contribution in [0.5, 0.6) is 17.2 Å². The summed E-state index contributed by atoms with van der Waals surface area (Å²) < 4.78 is 19.1. The molecule has 0 atom stereocenters. The number of unbranched alkanes of at least 4 members (excludes halogenated alkanes) is 1. The van der Waals surface area contributed by atoms with Crippen molar-refractivity contribution in [3.63, 3.8) is 0 Å². The zero-order chi connectivity index (χ0) is 31.2. The van der Waals surface area contributed by atoms with E-state index in [-0.39, 0.29) is 6.79 Å². The smallest absolute Gasteiger partial charge is 0.248 e. The van der Waals surface area contributed by atoms with E-state index >= 15 is 0 Å². The third-order valence-electron chi connectivity index (χ3n) is 8.06. The number of fused-ring (bicyclic) bond motifs is 1. The van der Waals surface area contributed by atoms with E-state index in [0.29, 0.717) is 25.2 Å². The van der Waals surface area contributed by atoms with Gasteiger partial charge in [0.15, 0.2) is 11.5 Å². The molecule has 0 aliphatic carbocycles. The van der Waals surface area contributed by atoms with Crippen molar-refractivity contribution in [3.05, 3.63) is 119 Å². The molecule has 1 aliphatic rings. The predicted octanol–water partition coefficient (Wildman–Crippen LogP) is 7.06. The first-order chi connectivity index (χ1) is 22.0. The Morgan fingerprint density at radius 3 is 2.29 bits per heavy atom. The number of amides is 1. The van der Waals surface area contributed by atoms with Gasteiger partial charge in [0.05, 0.1) is 18.5 Å². The van der Waals surface area contributed by atoms with Gasteiger partial charge in [-0.05, 0) is 66.1 Å². The minimum atomic E-state index is -0.434. The highest BCUT2D eigenvalue weighted by molar-refractivity contribution is 5.92. The molecule has 8 nitrogen and oxygen atoms in total. The lowest BCUT2D eigenvalue weighted by Gasteiger charge is -2.25. The number of ether oxygens (including phenoxy) is 3. The van der Waals surface area contributed by atoms with Crippen molar-refractivity contribution in [2.24, 2.45) is 5.73 Å². The summed E-state index contributed by atoms with van der Waals surface area (Å²) in [5.41, 5.74) is 12.4. The standard InChI is InChI=1S/C37H38N4O4/c1-3-4-20-41-32(35(28-15-17-31(43-2)18-16-28)39-37(41)30-8-6-5-7-9-30)24-40(22-26-10-13-29(14-11-26)36(38)42)23-27-12-19-33-34(21-27)45-25-44-33/h5-19,21H,3-4,20,22-25H2,1-2H3,(H2,38,42). The fraction of sp³-hybridized carbons (Fsp3) is 0.243. The van der Waals surface area contributed by atoms with Gasteiger partial charge < -0.3 is 24.5 Å². The summed E-state index contributed by atoms with van der Waals surface area (Å²) >= 11 is 0. The fourth-order valence-electron chi connectivity index (χ4n) is 5.70. The van der Waals surface area contributed by atoms with E-state index in [9.17, 15) is 4.79 Å². The van der Waals surface area contributed by atoms with Gasteiger partial charge in [-0.15, -0.1) is 0 Å². The molecule has 45 heavy (non-hydrogen) atoms. The SMILES string of the molecule is CCCCn1c(-c2ccccc2)nc(-c2ccc(OC)cc2)c1CN(Cc1ccc(C(N)=O)cc1)Cc1ccc2c(c1)OCO2. The van der Waals surface area contributed by atoms with Crippen molar-refractivity contribution in [1.82, 2.24) is 14.5 Å². The number of imidazole rings is 1. The van der Waals surface area contributed by atoms with Crippen molar-refractivity contribution in [3.8, 4) is 39.9 Å². The van der Waals surface area contributed by atoms with Gasteiger partial charge in [-0.25, -0.2) is 4.98 Å². The molecule has 0 saturated carbocycles. The zero-order valence-corrected chi connectivity index (χ0v) is 25.7. The summed E-state index contributed by atoms with van der Waals surface area (Å²) in [5, 5.41) is 0. The Morgan fingerprint density at radius 1 is 0.867 bits per heavy atom. The third-order valence-corrected chi connectivity index (χ3v) is 8.06. The van der Waals surface area contributed by atoms with Crippen LogP contribution in [0.25, 0.3) is 22.6 Å². The molecular formula is C37H38N4O4. The number of nitrogens with two attached hydrogens (primary N) is 1. The largest absolute Gasteiger partial charge is 0.497 e. The second kappa shape index (κ2) is 13.7. The van der Waals surface area contributed by atoms with Gasteiger partial charge in [-0.3, -0.25) is 9.69 Å². The Morgan fingerprint density at radius 2 is 1.58 bits per heavy atom. The van der Waals surface area contributed by atoms with E-state index in [2.05, 4.69) is 64.9 Å². The Labute approximate surface area is 264 Å². The molecule has 0 spiro atoms. The van der Waals surface area contributed by atoms with Gasteiger partial charge in [0.1, 0.15) is 11.6 Å². The second-order valence-corrected chi connectivity index (χ2v) is 11.2. The van der Waals surface area contributed by atoms with Crippen LogP contribution >= 0.6 is 0 Å². The molecule has 1 aromatic heterocycles. The van der Waals surface area contributed by atoms with Crippen LogP contribution in [0.15, 0.2) is 97.1 Å². The first-order valence-electron chi connectivity index (χ1n) is 15.3. The number of methoxy groups -OCH3 is 1. The molecule has 8 heteroatoms. The molecule has 0 saturated heterocycles. The Balaban J connectivity index is 1.44. The molecule has 4 aromatic carbocycles. The van der Waals surface area contributed by atoms with Crippen molar-refractivity contribution < 1.29 is 19.0 Å². The first-order valence-corrected chi connectivity index (χ1v) is 15.3. The lowest BCUT2D eigenvalue weighted by atomic mass is 10.1. The van der Waals surface area contributed by atoms with Gasteiger partial charge in [0, 0.05) is 42.9 Å². The number of rotatable bonds is 13. The van der Waals surface area contributed by atoms with Crippen LogP contribution in [0.1, 0.15) is 46.9 Å². The molecule has 1 amide bonds. The monoisotopic (exact) mass is 602 g/mol. The number of benzene rings is 4. The van der Waals surface area contributed by atoms with Crippen LogP contribution in [-0.2, 0) is 26.2 Å². The van der Waals surface area contributed by atoms with Crippen LogP contribution < -0.4 is 19.9 Å². The van der Waals surface area contributed by atoms with Crippen molar-refractivity contribution in [1.29, 1.82) is 0 Å². The average Bonchev–Trinajstić information content (AvgIpc) is 3.69. The third kappa shape index (κ3) is 6.86. The van der Waals surface area contributed by atoms with Crippen LogP contribution in [0.3, 0.4) is 0 Å². The maximum absolute atomic E-state index is 11.7. The number of hydrogen-bond acceptors (Lipinski definition) is 6. The number of carbonyl (C=O) groups excluding carboxylic acids is 1. The highest BCUT2D eigenvalue weighted by atomic mass is 16.7. The summed E-state index contributed by atoms with van der Waals surface area (Å²) in [6, 6.07) is 32.2. The van der Waals surface area contributed by atoms with Crippen molar-refractivity contribution in [2.45, 2.75) is 45.9 Å². The van der Waals surface area contributed by atoms with Gasteiger partial charge in [-0.2, -0.15) is 0 Å². The summed E-state index contributed by atoms with van der Waals surface area (Å²) in [5.74, 6) is 2.85. The molecule has 0 radical (unpaired) electrons. The topological polar surface area (TPSA) is 91.8 Å². The number of primary amides is 1. The van der Waals surface area contributed by atoms with E-state index < -0.39 is 5.91 Å². The molecule has 2 heterocycles. The van der Waals surface area contributed by atoms with E-state index in [1.165, 1.54) is 0 Å². The van der Waals surface area contributed by atoms with E-state index in [1.807, 2.05) is 36.4 Å². The van der Waals surface area contributed by atoms with Crippen LogP contribution in [0.2, 0.25) is 0 Å². The van der Waals surface area contributed by atoms with E-state index in [0.717, 1.165) is 76.1 Å². The second-order valence-electron chi connectivity index (χ2n) is 11.2. The molecule has 0 fully saturated rings. The Kier molecular flexibility index (Phi) is 9.12. The molecule has 0 unspecified atom stereocenters. The van der Waals surface area contributed by atoms with E-state index in [1.54, 1.807) is 19.2 Å². The fourth-order valence-corrected chi connectivity index (χ4v) is 5.70.